The highest BCUT2D eigenvalue weighted by Gasteiger charge is 2.31. The van der Waals surface area contributed by atoms with E-state index in [4.69, 9.17) is 0 Å². The zero-order valence-electron chi connectivity index (χ0n) is 14.3. The van der Waals surface area contributed by atoms with Gasteiger partial charge in [0.2, 0.25) is 7.37 Å². The molecule has 134 valence electrons. The summed E-state index contributed by atoms with van der Waals surface area (Å²) in [6.45, 7) is 0. The van der Waals surface area contributed by atoms with Crippen molar-refractivity contribution in [3.8, 4) is 0 Å². The van der Waals surface area contributed by atoms with E-state index in [1.54, 1.807) is 24.3 Å². The lowest BCUT2D eigenvalue weighted by molar-refractivity contribution is 0.235. The lowest BCUT2D eigenvalue weighted by Gasteiger charge is -2.23. The molecule has 0 saturated heterocycles. The molecule has 0 radical (unpaired) electrons. The zero-order valence-corrected chi connectivity index (χ0v) is 16.1. The van der Waals surface area contributed by atoms with Crippen molar-refractivity contribution in [2.24, 2.45) is 0 Å². The van der Waals surface area contributed by atoms with Crippen molar-refractivity contribution in [1.29, 1.82) is 0 Å². The molecule has 3 aromatic carbocycles. The first-order valence-electron chi connectivity index (χ1n) is 8.50. The molecule has 2 atom stereocenters. The smallest absolute Gasteiger partial charge is 0.233 e. The Hall–Kier alpha value is -1.76. The second-order valence-corrected chi connectivity index (χ2v) is 10.9. The predicted molar refractivity (Wildman–Crippen MR) is 110 cm³/mol. The van der Waals surface area contributed by atoms with Crippen LogP contribution in [0.4, 0.5) is 0 Å². The number of aliphatic hydroxyl groups excluding tert-OH is 1. The first-order chi connectivity index (χ1) is 12.6. The van der Waals surface area contributed by atoms with Crippen molar-refractivity contribution in [2.45, 2.75) is 5.85 Å². The Morgan fingerprint density at radius 3 is 1.65 bits per heavy atom. The van der Waals surface area contributed by atoms with Crippen LogP contribution in [-0.2, 0) is 4.57 Å². The maximum atomic E-state index is 12.8. The number of rotatable bonds is 7. The highest BCUT2D eigenvalue weighted by atomic mass is 31.2. The Morgan fingerprint density at radius 1 is 0.769 bits per heavy atom. The third-order valence-electron chi connectivity index (χ3n) is 4.26. The van der Waals surface area contributed by atoms with Crippen molar-refractivity contribution in [1.82, 2.24) is 0 Å². The topological polar surface area (TPSA) is 57.5 Å². The first kappa shape index (κ1) is 19.0. The third kappa shape index (κ3) is 4.69. The van der Waals surface area contributed by atoms with Crippen LogP contribution in [0.5, 0.6) is 0 Å². The van der Waals surface area contributed by atoms with Gasteiger partial charge >= 0.3 is 0 Å². The quantitative estimate of drug-likeness (QED) is 0.604. The van der Waals surface area contributed by atoms with Crippen LogP contribution < -0.4 is 10.6 Å². The van der Waals surface area contributed by atoms with Gasteiger partial charge in [0.05, 0.1) is 0 Å². The molecule has 1 unspecified atom stereocenters. The van der Waals surface area contributed by atoms with Crippen molar-refractivity contribution in [3.63, 3.8) is 0 Å². The largest absolute Gasteiger partial charge is 0.378 e. The Balaban J connectivity index is 1.80. The average Bonchev–Trinajstić information content (AvgIpc) is 2.70. The molecule has 0 aliphatic carbocycles. The second-order valence-electron chi connectivity index (χ2n) is 6.09. The number of hydrogen-bond acceptors (Lipinski definition) is 2. The van der Waals surface area contributed by atoms with Crippen LogP contribution in [-0.4, -0.2) is 22.3 Å². The molecule has 0 fully saturated rings. The fraction of sp³-hybridized carbons (Fsp3) is 0.143. The monoisotopic (exact) mass is 384 g/mol. The standard InChI is InChI=1S/C21H22O3P2/c22-21(18-10-4-1-5-11-18)26(23,24)17-16-25(19-12-6-2-7-13-19)20-14-8-3-9-15-20/h1-15,21-22H,16-17H2,(H,23,24)/t21-/m0/s1. The van der Waals surface area contributed by atoms with Crippen molar-refractivity contribution >= 4 is 25.9 Å². The van der Waals surface area contributed by atoms with Gasteiger partial charge in [0.25, 0.3) is 0 Å². The summed E-state index contributed by atoms with van der Waals surface area (Å²) in [7, 11) is -4.48. The van der Waals surface area contributed by atoms with Crippen molar-refractivity contribution < 1.29 is 14.6 Å². The Bertz CT molecular complexity index is 815. The summed E-state index contributed by atoms with van der Waals surface area (Å²) in [5.41, 5.74) is 0.488. The van der Waals surface area contributed by atoms with Crippen molar-refractivity contribution in [2.75, 3.05) is 12.3 Å². The summed E-state index contributed by atoms with van der Waals surface area (Å²) in [5.74, 6) is -1.34. The van der Waals surface area contributed by atoms with Gasteiger partial charge in [-0.2, -0.15) is 0 Å². The minimum absolute atomic E-state index is 0.0819. The van der Waals surface area contributed by atoms with Gasteiger partial charge in [-0.3, -0.25) is 4.57 Å². The molecule has 3 nitrogen and oxygen atoms in total. The maximum absolute atomic E-state index is 12.8. The summed E-state index contributed by atoms with van der Waals surface area (Å²) < 4.78 is 12.8. The molecule has 0 heterocycles. The predicted octanol–water partition coefficient (Wildman–Crippen LogP) is 4.08. The fourth-order valence-corrected chi connectivity index (χ4v) is 7.55. The molecule has 3 rings (SSSR count). The van der Waals surface area contributed by atoms with E-state index >= 15 is 0 Å². The third-order valence-corrected chi connectivity index (χ3v) is 9.05. The molecule has 26 heavy (non-hydrogen) atoms. The number of hydrogen-bond donors (Lipinski definition) is 2. The second kappa shape index (κ2) is 8.75. The Labute approximate surface area is 155 Å². The normalized spacial score (nSPS) is 14.7. The van der Waals surface area contributed by atoms with E-state index in [0.29, 0.717) is 11.7 Å². The van der Waals surface area contributed by atoms with Gasteiger partial charge in [-0.15, -0.1) is 0 Å². The summed E-state index contributed by atoms with van der Waals surface area (Å²) in [6.07, 6.45) is 0.638. The molecule has 0 aromatic heterocycles. The molecule has 0 amide bonds. The fourth-order valence-electron chi connectivity index (χ4n) is 2.85. The van der Waals surface area contributed by atoms with E-state index in [-0.39, 0.29) is 6.16 Å². The molecule has 3 aromatic rings. The number of benzene rings is 3. The lowest BCUT2D eigenvalue weighted by atomic mass is 10.2. The van der Waals surface area contributed by atoms with Crippen LogP contribution in [0.2, 0.25) is 0 Å². The Morgan fingerprint density at radius 2 is 1.19 bits per heavy atom. The van der Waals surface area contributed by atoms with Gasteiger partial charge in [-0.05, 0) is 30.3 Å². The van der Waals surface area contributed by atoms with Crippen molar-refractivity contribution in [3.05, 3.63) is 96.6 Å². The van der Waals surface area contributed by atoms with E-state index in [0.717, 1.165) is 0 Å². The molecular weight excluding hydrogens is 362 g/mol. The SMILES string of the molecule is O=P(O)(CCP(c1ccccc1)c1ccccc1)[C@H](O)c1ccccc1. The van der Waals surface area contributed by atoms with Gasteiger partial charge in [-0.25, -0.2) is 0 Å². The van der Waals surface area contributed by atoms with E-state index in [1.807, 2.05) is 42.5 Å². The van der Waals surface area contributed by atoms with Crippen LogP contribution in [0.15, 0.2) is 91.0 Å². The van der Waals surface area contributed by atoms with Gasteiger partial charge in [-0.1, -0.05) is 91.0 Å². The van der Waals surface area contributed by atoms with Crippen LogP contribution in [0.1, 0.15) is 11.4 Å². The summed E-state index contributed by atoms with van der Waals surface area (Å²) in [5, 5.41) is 12.7. The van der Waals surface area contributed by atoms with E-state index in [1.165, 1.54) is 10.6 Å². The first-order valence-corrected chi connectivity index (χ1v) is 11.9. The lowest BCUT2D eigenvalue weighted by Crippen LogP contribution is -2.16. The summed E-state index contributed by atoms with van der Waals surface area (Å²) >= 11 is 0. The zero-order chi connectivity index (χ0) is 18.4. The molecule has 2 N–H and O–H groups in total. The van der Waals surface area contributed by atoms with E-state index < -0.39 is 21.1 Å². The van der Waals surface area contributed by atoms with E-state index in [9.17, 15) is 14.6 Å². The highest BCUT2D eigenvalue weighted by molar-refractivity contribution is 7.73. The molecular formula is C21H22O3P2. The minimum atomic E-state index is -3.73. The van der Waals surface area contributed by atoms with Crippen LogP contribution in [0, 0.1) is 0 Å². The summed E-state index contributed by atoms with van der Waals surface area (Å²) in [4.78, 5) is 10.5. The van der Waals surface area contributed by atoms with Crippen LogP contribution >= 0.6 is 15.3 Å². The van der Waals surface area contributed by atoms with Crippen LogP contribution in [0.3, 0.4) is 0 Å². The van der Waals surface area contributed by atoms with E-state index in [2.05, 4.69) is 24.3 Å². The van der Waals surface area contributed by atoms with Gasteiger partial charge < -0.3 is 10.00 Å². The minimum Gasteiger partial charge on any atom is -0.378 e. The molecule has 0 spiro atoms. The molecule has 0 aliphatic heterocycles. The Kier molecular flexibility index (Phi) is 6.40. The highest BCUT2D eigenvalue weighted by Crippen LogP contribution is 2.55. The summed E-state index contributed by atoms with van der Waals surface area (Å²) in [6, 6.07) is 28.9. The maximum Gasteiger partial charge on any atom is 0.233 e. The van der Waals surface area contributed by atoms with Gasteiger partial charge in [0, 0.05) is 6.16 Å². The molecule has 0 bridgehead atoms. The van der Waals surface area contributed by atoms with Crippen LogP contribution in [0.25, 0.3) is 0 Å². The molecule has 5 heteroatoms. The molecule has 0 aliphatic rings. The molecule has 0 saturated carbocycles. The average molecular weight is 384 g/mol. The number of aliphatic hydroxyl groups is 1. The van der Waals surface area contributed by atoms with Gasteiger partial charge in [0.1, 0.15) is 0 Å². The van der Waals surface area contributed by atoms with Gasteiger partial charge in [0.15, 0.2) is 5.85 Å².